The largest absolute Gasteiger partial charge is 0.481 e. The first-order chi connectivity index (χ1) is 11.9. The summed E-state index contributed by atoms with van der Waals surface area (Å²) < 4.78 is 0. The molecule has 0 fully saturated rings. The van der Waals surface area contributed by atoms with Crippen molar-refractivity contribution in [3.05, 3.63) is 23.8 Å². The molecule has 1 aromatic rings. The number of benzene rings is 1. The lowest BCUT2D eigenvalue weighted by atomic mass is 9.79. The molecule has 0 saturated heterocycles. The number of hydrogen-bond acceptors (Lipinski definition) is 3. The first-order valence-corrected chi connectivity index (χ1v) is 8.90. The molecule has 0 aliphatic heterocycles. The van der Waals surface area contributed by atoms with Crippen LogP contribution in [0.15, 0.2) is 18.2 Å². The molecule has 0 unspecified atom stereocenters. The van der Waals surface area contributed by atoms with Gasteiger partial charge in [-0.15, -0.1) is 0 Å². The van der Waals surface area contributed by atoms with Crippen molar-refractivity contribution in [2.24, 2.45) is 10.8 Å². The summed E-state index contributed by atoms with van der Waals surface area (Å²) in [6.45, 7) is 10.9. The number of aryl methyl sites for hydroxylation is 1. The van der Waals surface area contributed by atoms with Crippen LogP contribution in [0.5, 0.6) is 0 Å². The van der Waals surface area contributed by atoms with Gasteiger partial charge in [0.25, 0.3) is 0 Å². The maximum atomic E-state index is 12.4. The molecule has 1 aromatic carbocycles. The van der Waals surface area contributed by atoms with Gasteiger partial charge in [-0.1, -0.05) is 40.7 Å². The molecule has 0 saturated carbocycles. The van der Waals surface area contributed by atoms with Crippen LogP contribution in [-0.4, -0.2) is 22.9 Å². The van der Waals surface area contributed by atoms with E-state index in [1.54, 1.807) is 32.0 Å². The second-order valence-corrected chi connectivity index (χ2v) is 7.75. The summed E-state index contributed by atoms with van der Waals surface area (Å²) in [5, 5.41) is 15.1. The fourth-order valence-electron chi connectivity index (χ4n) is 2.53. The lowest BCUT2D eigenvalue weighted by Gasteiger charge is -2.26. The molecular weight excluding hydrogens is 332 g/mol. The molecule has 0 atom stereocenters. The highest BCUT2D eigenvalue weighted by Gasteiger charge is 2.37. The van der Waals surface area contributed by atoms with Gasteiger partial charge in [0.15, 0.2) is 0 Å². The van der Waals surface area contributed by atoms with Crippen LogP contribution >= 0.6 is 0 Å². The summed E-state index contributed by atoms with van der Waals surface area (Å²) >= 11 is 0. The summed E-state index contributed by atoms with van der Waals surface area (Å²) in [6.07, 6.45) is 0.674. The molecule has 0 radical (unpaired) electrons. The van der Waals surface area contributed by atoms with Crippen LogP contribution in [0.4, 0.5) is 11.4 Å². The fourth-order valence-corrected chi connectivity index (χ4v) is 2.53. The number of rotatable bonds is 7. The Morgan fingerprint density at radius 3 is 2.08 bits per heavy atom. The van der Waals surface area contributed by atoms with E-state index >= 15 is 0 Å². The minimum Gasteiger partial charge on any atom is -0.481 e. The van der Waals surface area contributed by atoms with Gasteiger partial charge in [-0.3, -0.25) is 14.4 Å². The van der Waals surface area contributed by atoms with Gasteiger partial charge in [-0.2, -0.15) is 0 Å². The maximum Gasteiger partial charge on any atom is 0.310 e. The molecule has 26 heavy (non-hydrogen) atoms. The van der Waals surface area contributed by atoms with Crippen molar-refractivity contribution >= 4 is 29.2 Å². The predicted octanol–water partition coefficient (Wildman–Crippen LogP) is 4.20. The molecule has 0 spiro atoms. The number of hydrogen-bond donors (Lipinski definition) is 3. The minimum atomic E-state index is -1.06. The predicted molar refractivity (Wildman–Crippen MR) is 103 cm³/mol. The Hall–Kier alpha value is -2.37. The zero-order chi connectivity index (χ0) is 20.1. The van der Waals surface area contributed by atoms with Crippen molar-refractivity contribution in [1.29, 1.82) is 0 Å². The van der Waals surface area contributed by atoms with Crippen LogP contribution in [0.2, 0.25) is 0 Å². The van der Waals surface area contributed by atoms with Crippen molar-refractivity contribution in [2.45, 2.75) is 60.8 Å². The fraction of sp³-hybridized carbons (Fsp3) is 0.550. The zero-order valence-electron chi connectivity index (χ0n) is 16.5. The van der Waals surface area contributed by atoms with Gasteiger partial charge < -0.3 is 15.7 Å². The van der Waals surface area contributed by atoms with Crippen LogP contribution < -0.4 is 10.6 Å². The van der Waals surface area contributed by atoms with Gasteiger partial charge in [-0.25, -0.2) is 0 Å². The summed E-state index contributed by atoms with van der Waals surface area (Å²) in [7, 11) is 0. The molecule has 0 aliphatic carbocycles. The van der Waals surface area contributed by atoms with E-state index < -0.39 is 16.8 Å². The lowest BCUT2D eigenvalue weighted by Crippen LogP contribution is -2.34. The number of carboxylic acids is 1. The Morgan fingerprint density at radius 1 is 1.04 bits per heavy atom. The maximum absolute atomic E-state index is 12.4. The summed E-state index contributed by atoms with van der Waals surface area (Å²) in [4.78, 5) is 36.1. The second-order valence-electron chi connectivity index (χ2n) is 7.75. The monoisotopic (exact) mass is 362 g/mol. The van der Waals surface area contributed by atoms with Crippen molar-refractivity contribution < 1.29 is 19.5 Å². The van der Waals surface area contributed by atoms with E-state index in [0.717, 1.165) is 5.56 Å². The van der Waals surface area contributed by atoms with Gasteiger partial charge in [-0.05, 0) is 37.5 Å². The van der Waals surface area contributed by atoms with Crippen molar-refractivity contribution in [2.75, 3.05) is 10.6 Å². The molecule has 0 aliphatic rings. The number of carboxylic acid groups (broad SMARTS) is 1. The Morgan fingerprint density at radius 2 is 1.62 bits per heavy atom. The van der Waals surface area contributed by atoms with Gasteiger partial charge in [0, 0.05) is 23.2 Å². The summed E-state index contributed by atoms with van der Waals surface area (Å²) in [5.74, 6) is -1.43. The standard InChI is InChI=1S/C20H30N2O4/c1-7-20(8-2,18(25)26)12-16(23)22-15-11-14(10-9-13(15)3)21-17(24)19(4,5)6/h9-11H,7-8,12H2,1-6H3,(H,21,24)(H,22,23)(H,25,26). The Labute approximate surface area is 155 Å². The quantitative estimate of drug-likeness (QED) is 0.677. The van der Waals surface area contributed by atoms with E-state index in [4.69, 9.17) is 0 Å². The molecular formula is C20H30N2O4. The van der Waals surface area contributed by atoms with Crippen LogP contribution in [0.25, 0.3) is 0 Å². The Bertz CT molecular complexity index is 686. The van der Waals surface area contributed by atoms with Crippen molar-refractivity contribution in [1.82, 2.24) is 0 Å². The molecule has 0 aromatic heterocycles. The molecule has 6 heteroatoms. The zero-order valence-corrected chi connectivity index (χ0v) is 16.5. The van der Waals surface area contributed by atoms with E-state index in [1.165, 1.54) is 0 Å². The van der Waals surface area contributed by atoms with Crippen LogP contribution in [0.3, 0.4) is 0 Å². The highest BCUT2D eigenvalue weighted by molar-refractivity contribution is 5.97. The number of amides is 2. The number of carbonyl (C=O) groups excluding carboxylic acids is 2. The summed E-state index contributed by atoms with van der Waals surface area (Å²) in [6, 6.07) is 5.27. The van der Waals surface area contributed by atoms with Gasteiger partial charge in [0.05, 0.1) is 5.41 Å². The molecule has 1 rings (SSSR count). The SMILES string of the molecule is CCC(CC)(CC(=O)Nc1cc(NC(=O)C(C)(C)C)ccc1C)C(=O)O. The number of aliphatic carboxylic acids is 1. The first-order valence-electron chi connectivity index (χ1n) is 8.90. The Balaban J connectivity index is 2.96. The van der Waals surface area contributed by atoms with E-state index in [2.05, 4.69) is 10.6 Å². The topological polar surface area (TPSA) is 95.5 Å². The molecule has 3 N–H and O–H groups in total. The minimum absolute atomic E-state index is 0.0899. The third-order valence-corrected chi connectivity index (χ3v) is 4.76. The molecule has 6 nitrogen and oxygen atoms in total. The van der Waals surface area contributed by atoms with Crippen LogP contribution in [-0.2, 0) is 14.4 Å². The second kappa shape index (κ2) is 8.34. The average Bonchev–Trinajstić information content (AvgIpc) is 2.54. The molecule has 0 heterocycles. The van der Waals surface area contributed by atoms with Gasteiger partial charge in [0.1, 0.15) is 0 Å². The lowest BCUT2D eigenvalue weighted by molar-refractivity contribution is -0.151. The third-order valence-electron chi connectivity index (χ3n) is 4.76. The smallest absolute Gasteiger partial charge is 0.310 e. The van der Waals surface area contributed by atoms with Gasteiger partial charge >= 0.3 is 5.97 Å². The first kappa shape index (κ1) is 21.7. The highest BCUT2D eigenvalue weighted by Crippen LogP contribution is 2.32. The Kier molecular flexibility index (Phi) is 6.95. The molecule has 2 amide bonds. The normalized spacial score (nSPS) is 11.8. The van der Waals surface area contributed by atoms with Gasteiger partial charge in [0.2, 0.25) is 11.8 Å². The van der Waals surface area contributed by atoms with E-state index in [0.29, 0.717) is 24.2 Å². The molecule has 144 valence electrons. The number of anilines is 2. The number of nitrogens with one attached hydrogen (secondary N) is 2. The highest BCUT2D eigenvalue weighted by atomic mass is 16.4. The average molecular weight is 362 g/mol. The third kappa shape index (κ3) is 5.31. The van der Waals surface area contributed by atoms with Crippen LogP contribution in [0, 0.1) is 17.8 Å². The van der Waals surface area contributed by atoms with Crippen LogP contribution in [0.1, 0.15) is 59.4 Å². The van der Waals surface area contributed by atoms with Crippen molar-refractivity contribution in [3.8, 4) is 0 Å². The summed E-state index contributed by atoms with van der Waals surface area (Å²) in [5.41, 5.74) is 0.392. The van der Waals surface area contributed by atoms with E-state index in [9.17, 15) is 19.5 Å². The van der Waals surface area contributed by atoms with E-state index in [1.807, 2.05) is 27.7 Å². The van der Waals surface area contributed by atoms with E-state index in [-0.39, 0.29) is 18.2 Å². The van der Waals surface area contributed by atoms with Crippen molar-refractivity contribution in [3.63, 3.8) is 0 Å². The molecule has 0 bridgehead atoms. The number of carbonyl (C=O) groups is 3.